The van der Waals surface area contributed by atoms with E-state index in [9.17, 15) is 9.59 Å². The van der Waals surface area contributed by atoms with E-state index < -0.39 is 0 Å². The standard InChI is InChI=1S/C32H28N2O2S/c1-23-9-8-12-26(19-23)22-34-28-13-6-7-14-29(28)37-30(32(34)36)20-24-15-17-27(18-16-24)31(35)33(2)21-25-10-4-3-5-11-25/h3-20H,21-22H2,1-2H3. The molecule has 1 aliphatic rings. The van der Waals surface area contributed by atoms with Crippen LogP contribution < -0.4 is 4.90 Å². The molecule has 0 aromatic heterocycles. The van der Waals surface area contributed by atoms with Crippen LogP contribution in [0.3, 0.4) is 0 Å². The van der Waals surface area contributed by atoms with Gasteiger partial charge in [-0.15, -0.1) is 0 Å². The predicted octanol–water partition coefficient (Wildman–Crippen LogP) is 6.95. The van der Waals surface area contributed by atoms with Gasteiger partial charge >= 0.3 is 0 Å². The molecule has 0 fully saturated rings. The number of fused-ring (bicyclic) bond motifs is 1. The Hall–Kier alpha value is -4.09. The van der Waals surface area contributed by atoms with Gasteiger partial charge in [-0.1, -0.05) is 96.2 Å². The highest BCUT2D eigenvalue weighted by Gasteiger charge is 2.29. The smallest absolute Gasteiger partial charge is 0.265 e. The van der Waals surface area contributed by atoms with Crippen LogP contribution in [0.25, 0.3) is 6.08 Å². The number of carbonyl (C=O) groups excluding carboxylic acids is 2. The number of benzene rings is 4. The lowest BCUT2D eigenvalue weighted by molar-refractivity contribution is -0.114. The average molecular weight is 505 g/mol. The first-order valence-corrected chi connectivity index (χ1v) is 13.0. The summed E-state index contributed by atoms with van der Waals surface area (Å²) in [6.45, 7) is 3.12. The highest BCUT2D eigenvalue weighted by molar-refractivity contribution is 8.04. The Morgan fingerprint density at radius 2 is 1.57 bits per heavy atom. The van der Waals surface area contributed by atoms with E-state index in [2.05, 4.69) is 25.1 Å². The number of amides is 2. The minimum atomic E-state index is -0.0376. The highest BCUT2D eigenvalue weighted by Crippen LogP contribution is 2.42. The van der Waals surface area contributed by atoms with E-state index in [1.807, 2.05) is 103 Å². The molecule has 0 aliphatic carbocycles. The van der Waals surface area contributed by atoms with E-state index >= 15 is 0 Å². The van der Waals surface area contributed by atoms with Gasteiger partial charge in [0, 0.05) is 24.1 Å². The van der Waals surface area contributed by atoms with Crippen molar-refractivity contribution in [3.8, 4) is 0 Å². The van der Waals surface area contributed by atoms with Crippen LogP contribution in [0.2, 0.25) is 0 Å². The molecule has 4 aromatic carbocycles. The molecule has 1 aliphatic heterocycles. The van der Waals surface area contributed by atoms with Gasteiger partial charge in [0.05, 0.1) is 17.1 Å². The minimum absolute atomic E-state index is 0.0204. The maximum atomic E-state index is 13.6. The van der Waals surface area contributed by atoms with Crippen LogP contribution in [0.1, 0.15) is 32.6 Å². The van der Waals surface area contributed by atoms with Gasteiger partial charge in [0.25, 0.3) is 11.8 Å². The van der Waals surface area contributed by atoms with Gasteiger partial charge in [0.1, 0.15) is 0 Å². The molecule has 5 heteroatoms. The molecule has 0 saturated heterocycles. The summed E-state index contributed by atoms with van der Waals surface area (Å²) in [5.74, 6) is -0.0580. The summed E-state index contributed by atoms with van der Waals surface area (Å²) in [6, 6.07) is 33.7. The number of thioether (sulfide) groups is 1. The molecule has 0 bridgehead atoms. The quantitative estimate of drug-likeness (QED) is 0.267. The second-order valence-corrected chi connectivity index (χ2v) is 10.3. The molecular formula is C32H28N2O2S. The maximum Gasteiger partial charge on any atom is 0.265 e. The Balaban J connectivity index is 1.36. The second kappa shape index (κ2) is 10.9. The lowest BCUT2D eigenvalue weighted by atomic mass is 10.1. The van der Waals surface area contributed by atoms with Crippen LogP contribution in [0, 0.1) is 6.92 Å². The maximum absolute atomic E-state index is 13.6. The van der Waals surface area contributed by atoms with Crippen molar-refractivity contribution < 1.29 is 9.59 Å². The number of hydrogen-bond acceptors (Lipinski definition) is 3. The predicted molar refractivity (Wildman–Crippen MR) is 151 cm³/mol. The molecule has 4 nitrogen and oxygen atoms in total. The second-order valence-electron chi connectivity index (χ2n) is 9.23. The zero-order valence-electron chi connectivity index (χ0n) is 20.9. The lowest BCUT2D eigenvalue weighted by Crippen LogP contribution is -2.33. The van der Waals surface area contributed by atoms with Crippen LogP contribution in [0.4, 0.5) is 5.69 Å². The van der Waals surface area contributed by atoms with Gasteiger partial charge in [0.2, 0.25) is 0 Å². The molecule has 0 radical (unpaired) electrons. The van der Waals surface area contributed by atoms with Crippen molar-refractivity contribution in [2.24, 2.45) is 0 Å². The number of carbonyl (C=O) groups is 2. The van der Waals surface area contributed by atoms with Crippen molar-refractivity contribution in [2.75, 3.05) is 11.9 Å². The first kappa shape index (κ1) is 24.6. The molecule has 0 saturated carbocycles. The number of aryl methyl sites for hydroxylation is 1. The van der Waals surface area contributed by atoms with Crippen molar-refractivity contribution >= 4 is 35.3 Å². The van der Waals surface area contributed by atoms with Crippen LogP contribution in [-0.2, 0) is 17.9 Å². The first-order valence-electron chi connectivity index (χ1n) is 12.2. The molecule has 4 aromatic rings. The number of rotatable bonds is 6. The molecule has 1 heterocycles. The largest absolute Gasteiger partial charge is 0.337 e. The Morgan fingerprint density at radius 3 is 2.32 bits per heavy atom. The molecular weight excluding hydrogens is 476 g/mol. The van der Waals surface area contributed by atoms with Crippen LogP contribution in [0.15, 0.2) is 113 Å². The molecule has 2 amide bonds. The number of hydrogen-bond donors (Lipinski definition) is 0. The third kappa shape index (κ3) is 5.68. The van der Waals surface area contributed by atoms with E-state index in [1.165, 1.54) is 17.3 Å². The van der Waals surface area contributed by atoms with Gasteiger partial charge in [0.15, 0.2) is 0 Å². The van der Waals surface area contributed by atoms with Crippen molar-refractivity contribution in [1.29, 1.82) is 0 Å². The van der Waals surface area contributed by atoms with Crippen LogP contribution in [0.5, 0.6) is 0 Å². The summed E-state index contributed by atoms with van der Waals surface area (Å²) >= 11 is 1.49. The summed E-state index contributed by atoms with van der Waals surface area (Å²) in [5.41, 5.74) is 5.78. The number of anilines is 1. The van der Waals surface area contributed by atoms with Gasteiger partial charge in [-0.05, 0) is 54.0 Å². The first-order chi connectivity index (χ1) is 18.0. The summed E-state index contributed by atoms with van der Waals surface area (Å²) in [4.78, 5) is 31.8. The monoisotopic (exact) mass is 504 g/mol. The fourth-order valence-electron chi connectivity index (χ4n) is 4.44. The third-order valence-corrected chi connectivity index (χ3v) is 7.40. The molecule has 0 spiro atoms. The SMILES string of the molecule is Cc1cccc(CN2C(=O)C(=Cc3ccc(C(=O)N(C)Cc4ccccc4)cc3)Sc3ccccc32)c1. The molecule has 0 unspecified atom stereocenters. The van der Waals surface area contributed by atoms with Crippen molar-refractivity contribution in [2.45, 2.75) is 24.9 Å². The molecule has 184 valence electrons. The Labute approximate surface area is 222 Å². The van der Waals surface area contributed by atoms with Gasteiger partial charge < -0.3 is 9.80 Å². The van der Waals surface area contributed by atoms with Crippen molar-refractivity contribution in [1.82, 2.24) is 4.90 Å². The molecule has 37 heavy (non-hydrogen) atoms. The Morgan fingerprint density at radius 1 is 0.865 bits per heavy atom. The lowest BCUT2D eigenvalue weighted by Gasteiger charge is -2.30. The summed E-state index contributed by atoms with van der Waals surface area (Å²) < 4.78 is 0. The van der Waals surface area contributed by atoms with Gasteiger partial charge in [-0.3, -0.25) is 9.59 Å². The molecule has 5 rings (SSSR count). The van der Waals surface area contributed by atoms with E-state index in [1.54, 1.807) is 4.90 Å². The van der Waals surface area contributed by atoms with Crippen LogP contribution in [-0.4, -0.2) is 23.8 Å². The Bertz CT molecular complexity index is 1460. The fraction of sp³-hybridized carbons (Fsp3) is 0.125. The van der Waals surface area contributed by atoms with E-state index in [4.69, 9.17) is 0 Å². The normalized spacial score (nSPS) is 13.9. The minimum Gasteiger partial charge on any atom is -0.337 e. The topological polar surface area (TPSA) is 40.6 Å². The number of nitrogens with zero attached hydrogens (tertiary/aromatic N) is 2. The summed E-state index contributed by atoms with van der Waals surface area (Å²) in [7, 11) is 1.81. The van der Waals surface area contributed by atoms with Crippen molar-refractivity contribution in [3.63, 3.8) is 0 Å². The highest BCUT2D eigenvalue weighted by atomic mass is 32.2. The fourth-order valence-corrected chi connectivity index (χ4v) is 5.49. The average Bonchev–Trinajstić information content (AvgIpc) is 2.91. The Kier molecular flexibility index (Phi) is 7.24. The summed E-state index contributed by atoms with van der Waals surface area (Å²) in [6.07, 6.45) is 1.91. The van der Waals surface area contributed by atoms with Crippen LogP contribution >= 0.6 is 11.8 Å². The van der Waals surface area contributed by atoms with E-state index in [-0.39, 0.29) is 11.8 Å². The van der Waals surface area contributed by atoms with E-state index in [0.717, 1.165) is 27.3 Å². The van der Waals surface area contributed by atoms with Gasteiger partial charge in [-0.25, -0.2) is 0 Å². The zero-order chi connectivity index (χ0) is 25.8. The molecule has 0 N–H and O–H groups in total. The third-order valence-electron chi connectivity index (χ3n) is 6.32. The zero-order valence-corrected chi connectivity index (χ0v) is 21.7. The van der Waals surface area contributed by atoms with Gasteiger partial charge in [-0.2, -0.15) is 0 Å². The number of para-hydroxylation sites is 1. The summed E-state index contributed by atoms with van der Waals surface area (Å²) in [5, 5.41) is 0. The van der Waals surface area contributed by atoms with E-state index in [0.29, 0.717) is 23.6 Å². The van der Waals surface area contributed by atoms with Crippen molar-refractivity contribution in [3.05, 3.63) is 136 Å². The molecule has 0 atom stereocenters.